The maximum absolute atomic E-state index is 12.4. The van der Waals surface area contributed by atoms with Crippen LogP contribution in [-0.2, 0) is 11.2 Å². The molecule has 0 aliphatic heterocycles. The van der Waals surface area contributed by atoms with E-state index in [0.717, 1.165) is 12.2 Å². The highest BCUT2D eigenvalue weighted by atomic mass is 16.1. The number of ketones is 1. The lowest BCUT2D eigenvalue weighted by Gasteiger charge is -2.08. The molecule has 3 rings (SSSR count). The molecule has 1 heterocycles. The third-order valence-corrected chi connectivity index (χ3v) is 3.90. The smallest absolute Gasteiger partial charge is 0.144 e. The molecule has 2 atom stereocenters. The molecular weight excluding hydrogens is 250 g/mol. The van der Waals surface area contributed by atoms with Crippen molar-refractivity contribution in [2.45, 2.75) is 38.6 Å². The zero-order chi connectivity index (χ0) is 14.1. The molecule has 1 fully saturated rings. The fraction of sp³-hybridized carbons (Fsp3) is 0.438. The number of aromatic nitrogens is 3. The summed E-state index contributed by atoms with van der Waals surface area (Å²) in [6.07, 6.45) is 2.90. The van der Waals surface area contributed by atoms with E-state index in [1.54, 1.807) is 0 Å². The molecule has 4 nitrogen and oxygen atoms in total. The Morgan fingerprint density at radius 2 is 2.10 bits per heavy atom. The van der Waals surface area contributed by atoms with Crippen molar-refractivity contribution in [2.75, 3.05) is 0 Å². The Morgan fingerprint density at radius 1 is 1.35 bits per heavy atom. The average molecular weight is 269 g/mol. The third-order valence-electron chi connectivity index (χ3n) is 3.90. The first kappa shape index (κ1) is 13.0. The minimum atomic E-state index is 0.162. The van der Waals surface area contributed by atoms with E-state index in [9.17, 15) is 4.79 Å². The van der Waals surface area contributed by atoms with Crippen LogP contribution in [0, 0.1) is 5.92 Å². The van der Waals surface area contributed by atoms with Gasteiger partial charge in [-0.2, -0.15) is 5.10 Å². The molecule has 2 aromatic rings. The van der Waals surface area contributed by atoms with Crippen LogP contribution in [0.15, 0.2) is 36.7 Å². The van der Waals surface area contributed by atoms with Crippen LogP contribution in [0.5, 0.6) is 0 Å². The van der Waals surface area contributed by atoms with Crippen molar-refractivity contribution in [1.29, 1.82) is 0 Å². The zero-order valence-electron chi connectivity index (χ0n) is 11.9. The number of hydrogen-bond acceptors (Lipinski definition) is 3. The van der Waals surface area contributed by atoms with Gasteiger partial charge in [-0.3, -0.25) is 4.79 Å². The molecule has 0 saturated heterocycles. The largest absolute Gasteiger partial charge is 0.299 e. The lowest BCUT2D eigenvalue weighted by molar-refractivity contribution is -0.119. The van der Waals surface area contributed by atoms with E-state index in [1.807, 2.05) is 36.7 Å². The first-order valence-corrected chi connectivity index (χ1v) is 7.13. The number of Topliss-reactive ketones (excluding diaryl/α,β-unsaturated/α-hetero) is 1. The van der Waals surface area contributed by atoms with E-state index in [2.05, 4.69) is 22.2 Å². The van der Waals surface area contributed by atoms with Gasteiger partial charge in [0, 0.05) is 12.0 Å². The Kier molecular flexibility index (Phi) is 3.38. The number of rotatable bonds is 5. The Hall–Kier alpha value is -1.97. The normalized spacial score (nSPS) is 21.1. The van der Waals surface area contributed by atoms with Gasteiger partial charge in [-0.25, -0.2) is 9.67 Å². The van der Waals surface area contributed by atoms with E-state index in [1.165, 1.54) is 11.9 Å². The van der Waals surface area contributed by atoms with Gasteiger partial charge in [-0.1, -0.05) is 30.3 Å². The maximum Gasteiger partial charge on any atom is 0.144 e. The molecule has 0 N–H and O–H groups in total. The summed E-state index contributed by atoms with van der Waals surface area (Å²) < 4.78 is 1.83. The molecule has 1 saturated carbocycles. The van der Waals surface area contributed by atoms with Crippen molar-refractivity contribution < 1.29 is 4.79 Å². The summed E-state index contributed by atoms with van der Waals surface area (Å²) >= 11 is 0. The van der Waals surface area contributed by atoms with Gasteiger partial charge in [0.15, 0.2) is 0 Å². The Morgan fingerprint density at radius 3 is 2.80 bits per heavy atom. The predicted molar refractivity (Wildman–Crippen MR) is 76.4 cm³/mol. The highest BCUT2D eigenvalue weighted by Crippen LogP contribution is 2.48. The van der Waals surface area contributed by atoms with Gasteiger partial charge in [0.05, 0.1) is 6.42 Å². The monoisotopic (exact) mass is 269 g/mol. The number of nitrogens with zero attached hydrogens (tertiary/aromatic N) is 3. The summed E-state index contributed by atoms with van der Waals surface area (Å²) in [6.45, 7) is 4.10. The fourth-order valence-electron chi connectivity index (χ4n) is 2.74. The lowest BCUT2D eigenvalue weighted by Crippen LogP contribution is -2.14. The van der Waals surface area contributed by atoms with Crippen molar-refractivity contribution in [3.05, 3.63) is 48.0 Å². The van der Waals surface area contributed by atoms with Crippen molar-refractivity contribution in [2.24, 2.45) is 5.92 Å². The van der Waals surface area contributed by atoms with Crippen molar-refractivity contribution in [3.63, 3.8) is 0 Å². The molecule has 4 heteroatoms. The highest BCUT2D eigenvalue weighted by Gasteiger charge is 2.43. The Labute approximate surface area is 118 Å². The molecule has 1 aliphatic carbocycles. The van der Waals surface area contributed by atoms with Gasteiger partial charge in [0.1, 0.15) is 17.9 Å². The van der Waals surface area contributed by atoms with Crippen LogP contribution in [0.1, 0.15) is 43.6 Å². The molecule has 1 aromatic heterocycles. The second-order valence-electron chi connectivity index (χ2n) is 5.72. The summed E-state index contributed by atoms with van der Waals surface area (Å²) in [4.78, 5) is 16.6. The zero-order valence-corrected chi connectivity index (χ0v) is 11.9. The topological polar surface area (TPSA) is 47.8 Å². The summed E-state index contributed by atoms with van der Waals surface area (Å²) in [7, 11) is 0. The van der Waals surface area contributed by atoms with Gasteiger partial charge in [0.25, 0.3) is 0 Å². The van der Waals surface area contributed by atoms with Crippen LogP contribution in [0.3, 0.4) is 0 Å². The van der Waals surface area contributed by atoms with Gasteiger partial charge >= 0.3 is 0 Å². The minimum absolute atomic E-state index is 0.162. The second-order valence-corrected chi connectivity index (χ2v) is 5.72. The van der Waals surface area contributed by atoms with Crippen LogP contribution in [0.2, 0.25) is 0 Å². The van der Waals surface area contributed by atoms with Crippen molar-refractivity contribution >= 4 is 5.78 Å². The molecular formula is C16H19N3O. The molecule has 1 aliphatic rings. The first-order chi connectivity index (χ1) is 9.66. The van der Waals surface area contributed by atoms with E-state index < -0.39 is 0 Å². The molecule has 0 bridgehead atoms. The average Bonchev–Trinajstić information content (AvgIpc) is 3.12. The molecule has 0 amide bonds. The Bertz CT molecular complexity index is 603. The Balaban J connectivity index is 1.66. The summed E-state index contributed by atoms with van der Waals surface area (Å²) in [5.74, 6) is 1.63. The highest BCUT2D eigenvalue weighted by molar-refractivity contribution is 5.86. The molecule has 20 heavy (non-hydrogen) atoms. The third kappa shape index (κ3) is 2.50. The maximum atomic E-state index is 12.4. The quantitative estimate of drug-likeness (QED) is 0.838. The first-order valence-electron chi connectivity index (χ1n) is 7.13. The van der Waals surface area contributed by atoms with Gasteiger partial charge in [-0.15, -0.1) is 0 Å². The second kappa shape index (κ2) is 5.19. The number of carbonyl (C=O) groups excluding carboxylic acids is 1. The van der Waals surface area contributed by atoms with Crippen LogP contribution < -0.4 is 0 Å². The molecule has 104 valence electrons. The summed E-state index contributed by atoms with van der Waals surface area (Å²) in [5, 5.41) is 4.18. The van der Waals surface area contributed by atoms with Gasteiger partial charge in [0.2, 0.25) is 0 Å². The van der Waals surface area contributed by atoms with Crippen molar-refractivity contribution in [1.82, 2.24) is 14.8 Å². The summed E-state index contributed by atoms with van der Waals surface area (Å²) in [5.41, 5.74) is 1.27. The van der Waals surface area contributed by atoms with Crippen LogP contribution in [0.25, 0.3) is 0 Å². The summed E-state index contributed by atoms with van der Waals surface area (Å²) in [6, 6.07) is 10.5. The van der Waals surface area contributed by atoms with Crippen molar-refractivity contribution in [3.8, 4) is 0 Å². The van der Waals surface area contributed by atoms with E-state index in [0.29, 0.717) is 12.3 Å². The number of carbonyl (C=O) groups is 1. The van der Waals surface area contributed by atoms with E-state index >= 15 is 0 Å². The van der Waals surface area contributed by atoms with Crippen LogP contribution in [-0.4, -0.2) is 20.5 Å². The number of hydrogen-bond donors (Lipinski definition) is 0. The number of benzene rings is 1. The lowest BCUT2D eigenvalue weighted by atomic mass is 10.1. The fourth-order valence-corrected chi connectivity index (χ4v) is 2.74. The van der Waals surface area contributed by atoms with Gasteiger partial charge < -0.3 is 0 Å². The minimum Gasteiger partial charge on any atom is -0.299 e. The van der Waals surface area contributed by atoms with E-state index in [-0.39, 0.29) is 17.7 Å². The van der Waals surface area contributed by atoms with E-state index in [4.69, 9.17) is 0 Å². The molecule has 1 aromatic carbocycles. The predicted octanol–water partition coefficient (Wildman–Crippen LogP) is 2.77. The van der Waals surface area contributed by atoms with Crippen LogP contribution in [0.4, 0.5) is 0 Å². The molecule has 0 spiro atoms. The molecule has 0 radical (unpaired) electrons. The molecule has 2 unspecified atom stereocenters. The van der Waals surface area contributed by atoms with Gasteiger partial charge in [-0.05, 0) is 31.7 Å². The SMILES string of the molecule is CC(C)n1ncnc1CC(=O)C1CC1c1ccccc1. The van der Waals surface area contributed by atoms with Crippen LogP contribution >= 0.6 is 0 Å². The standard InChI is InChI=1S/C16H19N3O/c1-11(2)19-16(17-10-18-19)9-15(20)14-8-13(14)12-6-4-3-5-7-12/h3-7,10-11,13-14H,8-9H2,1-2H3.